The molecule has 1 aromatic rings. The molecule has 2 rings (SSSR count). The van der Waals surface area contributed by atoms with Gasteiger partial charge in [0, 0.05) is 18.7 Å². The van der Waals surface area contributed by atoms with Crippen molar-refractivity contribution in [3.8, 4) is 5.75 Å². The summed E-state index contributed by atoms with van der Waals surface area (Å²) in [5.41, 5.74) is 0. The van der Waals surface area contributed by atoms with Crippen molar-refractivity contribution in [3.63, 3.8) is 0 Å². The lowest BCUT2D eigenvalue weighted by Gasteiger charge is -2.27. The largest absolute Gasteiger partial charge is 0.492 e. The summed E-state index contributed by atoms with van der Waals surface area (Å²) < 4.78 is 18.4. The van der Waals surface area contributed by atoms with Gasteiger partial charge in [-0.3, -0.25) is 0 Å². The summed E-state index contributed by atoms with van der Waals surface area (Å²) >= 11 is 0. The maximum Gasteiger partial charge on any atom is 0.126 e. The van der Waals surface area contributed by atoms with Crippen LogP contribution in [0.4, 0.5) is 4.39 Å². The highest BCUT2D eigenvalue weighted by Gasteiger charge is 2.17. The minimum atomic E-state index is -0.248. The molecular weight excluding hydrogens is 229 g/mol. The molecule has 0 heterocycles. The molecule has 3 heteroatoms. The topological polar surface area (TPSA) is 21.3 Å². The normalized spacial score (nSPS) is 23.9. The van der Waals surface area contributed by atoms with Crippen LogP contribution < -0.4 is 10.1 Å². The predicted octanol–water partition coefficient (Wildman–Crippen LogP) is 3.37. The summed E-state index contributed by atoms with van der Waals surface area (Å²) in [6, 6.07) is 6.93. The molecule has 1 aromatic carbocycles. The summed E-state index contributed by atoms with van der Waals surface area (Å²) in [5.74, 6) is 1.24. The summed E-state index contributed by atoms with van der Waals surface area (Å²) in [6.45, 7) is 3.74. The third-order valence-electron chi connectivity index (χ3n) is 3.62. The van der Waals surface area contributed by atoms with Crippen LogP contribution in [0.15, 0.2) is 24.3 Å². The third-order valence-corrected chi connectivity index (χ3v) is 3.62. The second kappa shape index (κ2) is 6.74. The molecule has 0 amide bonds. The zero-order valence-electron chi connectivity index (χ0n) is 11.0. The van der Waals surface area contributed by atoms with Gasteiger partial charge in [0.1, 0.15) is 18.2 Å². The number of hydrogen-bond acceptors (Lipinski definition) is 2. The SMILES string of the molecule is CC1CCC(NCCOc2cccc(F)c2)CC1. The van der Waals surface area contributed by atoms with E-state index in [4.69, 9.17) is 4.74 Å². The first-order valence-corrected chi connectivity index (χ1v) is 6.86. The number of rotatable bonds is 5. The van der Waals surface area contributed by atoms with Crippen LogP contribution in [0, 0.1) is 11.7 Å². The van der Waals surface area contributed by atoms with E-state index >= 15 is 0 Å². The van der Waals surface area contributed by atoms with Gasteiger partial charge in [0.15, 0.2) is 0 Å². The molecule has 1 fully saturated rings. The van der Waals surface area contributed by atoms with Crippen LogP contribution in [0.3, 0.4) is 0 Å². The highest BCUT2D eigenvalue weighted by atomic mass is 19.1. The Hall–Kier alpha value is -1.09. The maximum absolute atomic E-state index is 12.9. The van der Waals surface area contributed by atoms with Crippen molar-refractivity contribution in [3.05, 3.63) is 30.1 Å². The Morgan fingerprint density at radius 2 is 2.06 bits per heavy atom. The van der Waals surface area contributed by atoms with E-state index in [1.807, 2.05) is 0 Å². The van der Waals surface area contributed by atoms with E-state index in [0.717, 1.165) is 12.5 Å². The van der Waals surface area contributed by atoms with Crippen LogP contribution in [0.2, 0.25) is 0 Å². The highest BCUT2D eigenvalue weighted by Crippen LogP contribution is 2.23. The number of benzene rings is 1. The Morgan fingerprint density at radius 3 is 2.78 bits per heavy atom. The number of ether oxygens (including phenoxy) is 1. The van der Waals surface area contributed by atoms with Crippen molar-refractivity contribution < 1.29 is 9.13 Å². The predicted molar refractivity (Wildman–Crippen MR) is 71.3 cm³/mol. The van der Waals surface area contributed by atoms with Gasteiger partial charge in [0.25, 0.3) is 0 Å². The molecule has 0 saturated heterocycles. The highest BCUT2D eigenvalue weighted by molar-refractivity contribution is 5.22. The molecule has 2 nitrogen and oxygen atoms in total. The minimum absolute atomic E-state index is 0.248. The van der Waals surface area contributed by atoms with Gasteiger partial charge in [0.2, 0.25) is 0 Å². The van der Waals surface area contributed by atoms with Gasteiger partial charge in [-0.1, -0.05) is 13.0 Å². The molecule has 0 radical (unpaired) electrons. The Bertz CT molecular complexity index is 361. The number of halogens is 1. The molecule has 1 N–H and O–H groups in total. The van der Waals surface area contributed by atoms with Crippen LogP contribution in [0.1, 0.15) is 32.6 Å². The molecule has 0 aromatic heterocycles. The molecule has 1 saturated carbocycles. The molecular formula is C15H22FNO. The van der Waals surface area contributed by atoms with E-state index in [1.165, 1.54) is 37.8 Å². The Kier molecular flexibility index (Phi) is 5.00. The summed E-state index contributed by atoms with van der Waals surface area (Å²) in [7, 11) is 0. The Morgan fingerprint density at radius 1 is 1.28 bits per heavy atom. The lowest BCUT2D eigenvalue weighted by Crippen LogP contribution is -2.35. The van der Waals surface area contributed by atoms with Crippen molar-refractivity contribution in [1.82, 2.24) is 5.32 Å². The number of hydrogen-bond donors (Lipinski definition) is 1. The van der Waals surface area contributed by atoms with Gasteiger partial charge in [0.05, 0.1) is 0 Å². The molecule has 100 valence electrons. The van der Waals surface area contributed by atoms with E-state index in [0.29, 0.717) is 18.4 Å². The maximum atomic E-state index is 12.9. The van der Waals surface area contributed by atoms with Crippen molar-refractivity contribution >= 4 is 0 Å². The van der Waals surface area contributed by atoms with E-state index in [9.17, 15) is 4.39 Å². The second-order valence-electron chi connectivity index (χ2n) is 5.22. The van der Waals surface area contributed by atoms with Crippen LogP contribution in [0.25, 0.3) is 0 Å². The Balaban J connectivity index is 1.61. The summed E-state index contributed by atoms with van der Waals surface area (Å²) in [4.78, 5) is 0. The van der Waals surface area contributed by atoms with Crippen molar-refractivity contribution in [2.75, 3.05) is 13.2 Å². The molecule has 18 heavy (non-hydrogen) atoms. The first kappa shape index (κ1) is 13.3. The second-order valence-corrected chi connectivity index (χ2v) is 5.22. The standard InChI is InChI=1S/C15H22FNO/c1-12-5-7-14(8-6-12)17-9-10-18-15-4-2-3-13(16)11-15/h2-4,11-12,14,17H,5-10H2,1H3. The fraction of sp³-hybridized carbons (Fsp3) is 0.600. The van der Waals surface area contributed by atoms with Gasteiger partial charge in [-0.2, -0.15) is 0 Å². The van der Waals surface area contributed by atoms with E-state index < -0.39 is 0 Å². The van der Waals surface area contributed by atoms with E-state index in [2.05, 4.69) is 12.2 Å². The fourth-order valence-electron chi connectivity index (χ4n) is 2.45. The smallest absolute Gasteiger partial charge is 0.126 e. The average molecular weight is 251 g/mol. The van der Waals surface area contributed by atoms with Gasteiger partial charge in [-0.15, -0.1) is 0 Å². The van der Waals surface area contributed by atoms with E-state index in [1.54, 1.807) is 12.1 Å². The van der Waals surface area contributed by atoms with E-state index in [-0.39, 0.29) is 5.82 Å². The first-order chi connectivity index (χ1) is 8.74. The van der Waals surface area contributed by atoms with Crippen molar-refractivity contribution in [2.24, 2.45) is 5.92 Å². The first-order valence-electron chi connectivity index (χ1n) is 6.86. The van der Waals surface area contributed by atoms with Crippen LogP contribution in [0.5, 0.6) is 5.75 Å². The van der Waals surface area contributed by atoms with Gasteiger partial charge in [-0.25, -0.2) is 4.39 Å². The lowest BCUT2D eigenvalue weighted by atomic mass is 9.87. The lowest BCUT2D eigenvalue weighted by molar-refractivity contribution is 0.270. The van der Waals surface area contributed by atoms with Gasteiger partial charge < -0.3 is 10.1 Å². The van der Waals surface area contributed by atoms with Crippen LogP contribution in [-0.2, 0) is 0 Å². The van der Waals surface area contributed by atoms with Crippen LogP contribution >= 0.6 is 0 Å². The molecule has 1 aliphatic carbocycles. The molecule has 0 aliphatic heterocycles. The molecule has 0 spiro atoms. The molecule has 0 bridgehead atoms. The fourth-order valence-corrected chi connectivity index (χ4v) is 2.45. The van der Waals surface area contributed by atoms with Gasteiger partial charge >= 0.3 is 0 Å². The zero-order valence-corrected chi connectivity index (χ0v) is 11.0. The monoisotopic (exact) mass is 251 g/mol. The Labute approximate surface area is 109 Å². The summed E-state index contributed by atoms with van der Waals surface area (Å²) in [6.07, 6.45) is 5.17. The zero-order chi connectivity index (χ0) is 12.8. The molecule has 0 atom stereocenters. The van der Waals surface area contributed by atoms with Crippen molar-refractivity contribution in [2.45, 2.75) is 38.6 Å². The summed E-state index contributed by atoms with van der Waals surface area (Å²) in [5, 5.41) is 3.51. The quantitative estimate of drug-likeness (QED) is 0.810. The van der Waals surface area contributed by atoms with Gasteiger partial charge in [-0.05, 0) is 43.7 Å². The molecule has 1 aliphatic rings. The molecule has 0 unspecified atom stereocenters. The van der Waals surface area contributed by atoms with Crippen molar-refractivity contribution in [1.29, 1.82) is 0 Å². The average Bonchev–Trinajstić information content (AvgIpc) is 2.37. The third kappa shape index (κ3) is 4.30. The minimum Gasteiger partial charge on any atom is -0.492 e. The number of nitrogens with one attached hydrogen (secondary N) is 1. The van der Waals surface area contributed by atoms with Crippen LogP contribution in [-0.4, -0.2) is 19.2 Å².